The largest absolute Gasteiger partial charge is 0.573 e. The van der Waals surface area contributed by atoms with E-state index >= 15 is 0 Å². The van der Waals surface area contributed by atoms with E-state index in [0.717, 1.165) is 51.4 Å². The minimum atomic E-state index is -4.78. The van der Waals surface area contributed by atoms with Crippen molar-refractivity contribution in [3.05, 3.63) is 18.2 Å². The molecular weight excluding hydrogens is 439 g/mol. The molecule has 1 aromatic carbocycles. The minimum absolute atomic E-state index is 0.00148. The van der Waals surface area contributed by atoms with Crippen LogP contribution in [0.1, 0.15) is 38.5 Å². The van der Waals surface area contributed by atoms with E-state index < -0.39 is 12.4 Å². The molecule has 4 N–H and O–H groups in total. The minimum Gasteiger partial charge on any atom is -0.406 e. The molecule has 1 aromatic heterocycles. The molecule has 2 heterocycles. The Morgan fingerprint density at radius 3 is 2.79 bits per heavy atom. The number of alkyl halides is 3. The Labute approximate surface area is 189 Å². The van der Waals surface area contributed by atoms with Crippen molar-refractivity contribution in [1.82, 2.24) is 20.6 Å². The summed E-state index contributed by atoms with van der Waals surface area (Å²) in [5, 5.41) is 9.33. The maximum Gasteiger partial charge on any atom is 0.573 e. The highest BCUT2D eigenvalue weighted by atomic mass is 19.4. The molecule has 0 spiro atoms. The number of nitrogens with one attached hydrogen (secondary N) is 4. The smallest absolute Gasteiger partial charge is 0.406 e. The van der Waals surface area contributed by atoms with Crippen LogP contribution in [-0.4, -0.2) is 53.7 Å². The number of carbonyl (C=O) groups is 2. The lowest BCUT2D eigenvalue weighted by atomic mass is 9.75. The van der Waals surface area contributed by atoms with E-state index in [2.05, 4.69) is 30.7 Å². The summed E-state index contributed by atoms with van der Waals surface area (Å²) in [6.07, 6.45) is 1.66. The molecule has 0 bridgehead atoms. The zero-order chi connectivity index (χ0) is 23.4. The predicted octanol–water partition coefficient (Wildman–Crippen LogP) is 3.12. The maximum atomic E-state index is 12.5. The number of imidazole rings is 1. The van der Waals surface area contributed by atoms with Crippen LogP contribution in [0.25, 0.3) is 11.0 Å². The van der Waals surface area contributed by atoms with Crippen molar-refractivity contribution >= 4 is 29.2 Å². The van der Waals surface area contributed by atoms with Crippen LogP contribution in [0.2, 0.25) is 0 Å². The molecule has 2 fully saturated rings. The molecule has 1 saturated carbocycles. The normalized spacial score (nSPS) is 24.4. The molecule has 4 rings (SSSR count). The number of amides is 1. The molecule has 1 amide bonds. The van der Waals surface area contributed by atoms with Crippen LogP contribution in [0.15, 0.2) is 18.2 Å². The third-order valence-electron chi connectivity index (χ3n) is 6.48. The van der Waals surface area contributed by atoms with Crippen molar-refractivity contribution in [2.24, 2.45) is 11.8 Å². The number of carbonyl (C=O) groups excluding carboxylic acids is 2. The molecule has 8 nitrogen and oxygen atoms in total. The number of hydrogen-bond donors (Lipinski definition) is 4. The summed E-state index contributed by atoms with van der Waals surface area (Å²) in [4.78, 5) is 31.6. The Kier molecular flexibility index (Phi) is 7.06. The Balaban J connectivity index is 1.42. The van der Waals surface area contributed by atoms with Gasteiger partial charge in [0, 0.05) is 12.6 Å². The van der Waals surface area contributed by atoms with E-state index in [1.54, 1.807) is 0 Å². The molecule has 33 heavy (non-hydrogen) atoms. The summed E-state index contributed by atoms with van der Waals surface area (Å²) in [7, 11) is 0. The standard InChI is InChI=1S/C22H28F3N5O3/c23-22(24,25)33-14-7-8-16-18(10-14)29-21(28-16)30-19(12-31)15-5-2-1-4-13(15)11-27-20(32)17-6-3-9-26-17/h7-8,10,12-13,15,17,19,26H,1-6,9,11H2,(H,27,32)(H2,28,29,30)/t13?,15?,17-,19?/m0/s1. The number of nitrogens with zero attached hydrogens (tertiary/aromatic N) is 1. The molecule has 0 radical (unpaired) electrons. The lowest BCUT2D eigenvalue weighted by Crippen LogP contribution is -2.46. The van der Waals surface area contributed by atoms with Crippen LogP contribution in [0.4, 0.5) is 19.1 Å². The van der Waals surface area contributed by atoms with Crippen LogP contribution in [0.3, 0.4) is 0 Å². The Morgan fingerprint density at radius 1 is 1.24 bits per heavy atom. The van der Waals surface area contributed by atoms with Crippen molar-refractivity contribution in [2.75, 3.05) is 18.4 Å². The third-order valence-corrected chi connectivity index (χ3v) is 6.48. The fraction of sp³-hybridized carbons (Fsp3) is 0.591. The van der Waals surface area contributed by atoms with Crippen LogP contribution >= 0.6 is 0 Å². The lowest BCUT2D eigenvalue weighted by Gasteiger charge is -2.35. The summed E-state index contributed by atoms with van der Waals surface area (Å²) in [5.41, 5.74) is 0.814. The van der Waals surface area contributed by atoms with Crippen LogP contribution in [-0.2, 0) is 9.59 Å². The first-order chi connectivity index (χ1) is 15.8. The zero-order valence-corrected chi connectivity index (χ0v) is 18.1. The molecule has 3 unspecified atom stereocenters. The highest BCUT2D eigenvalue weighted by Crippen LogP contribution is 2.33. The number of rotatable bonds is 8. The van der Waals surface area contributed by atoms with Gasteiger partial charge in [0.05, 0.1) is 23.1 Å². The van der Waals surface area contributed by atoms with Crippen molar-refractivity contribution < 1.29 is 27.5 Å². The topological polar surface area (TPSA) is 108 Å². The average Bonchev–Trinajstić information content (AvgIpc) is 3.44. The highest BCUT2D eigenvalue weighted by molar-refractivity contribution is 5.82. The van der Waals surface area contributed by atoms with Gasteiger partial charge in [-0.05, 0) is 56.2 Å². The molecule has 11 heteroatoms. The molecular formula is C22H28F3N5O3. The molecule has 1 saturated heterocycles. The van der Waals surface area contributed by atoms with E-state index in [1.807, 2.05) is 0 Å². The highest BCUT2D eigenvalue weighted by Gasteiger charge is 2.34. The van der Waals surface area contributed by atoms with Gasteiger partial charge in [0.25, 0.3) is 0 Å². The summed E-state index contributed by atoms with van der Waals surface area (Å²) >= 11 is 0. The number of anilines is 1. The van der Waals surface area contributed by atoms with Gasteiger partial charge in [0.15, 0.2) is 0 Å². The van der Waals surface area contributed by atoms with Gasteiger partial charge in [0.1, 0.15) is 12.0 Å². The Morgan fingerprint density at radius 2 is 2.06 bits per heavy atom. The number of halogens is 3. The van der Waals surface area contributed by atoms with Gasteiger partial charge in [0.2, 0.25) is 11.9 Å². The first kappa shape index (κ1) is 23.3. The van der Waals surface area contributed by atoms with Gasteiger partial charge >= 0.3 is 6.36 Å². The summed E-state index contributed by atoms with van der Waals surface area (Å²) in [5.74, 6) is 0.0988. The number of aromatic amines is 1. The quantitative estimate of drug-likeness (QED) is 0.445. The number of fused-ring (bicyclic) bond motifs is 1. The van der Waals surface area contributed by atoms with Gasteiger partial charge in [-0.3, -0.25) is 4.79 Å². The molecule has 180 valence electrons. The third kappa shape index (κ3) is 5.95. The Hall–Kier alpha value is -2.82. The molecule has 2 aliphatic rings. The Bertz CT molecular complexity index is 974. The van der Waals surface area contributed by atoms with Gasteiger partial charge in [-0.2, -0.15) is 0 Å². The van der Waals surface area contributed by atoms with Gasteiger partial charge < -0.3 is 30.5 Å². The van der Waals surface area contributed by atoms with Crippen molar-refractivity contribution in [3.63, 3.8) is 0 Å². The van der Waals surface area contributed by atoms with E-state index in [-0.39, 0.29) is 29.5 Å². The van der Waals surface area contributed by atoms with E-state index in [1.165, 1.54) is 18.2 Å². The van der Waals surface area contributed by atoms with Crippen LogP contribution in [0.5, 0.6) is 5.75 Å². The molecule has 4 atom stereocenters. The average molecular weight is 467 g/mol. The van der Waals surface area contributed by atoms with Crippen LogP contribution < -0.4 is 20.7 Å². The lowest BCUT2D eigenvalue weighted by molar-refractivity contribution is -0.274. The van der Waals surface area contributed by atoms with Crippen molar-refractivity contribution in [3.8, 4) is 5.75 Å². The van der Waals surface area contributed by atoms with E-state index in [9.17, 15) is 22.8 Å². The molecule has 1 aliphatic carbocycles. The number of H-pyrrole nitrogens is 1. The molecule has 1 aliphatic heterocycles. The van der Waals surface area contributed by atoms with E-state index in [0.29, 0.717) is 23.5 Å². The first-order valence-electron chi connectivity index (χ1n) is 11.3. The second-order valence-corrected chi connectivity index (χ2v) is 8.72. The fourth-order valence-electron chi connectivity index (χ4n) is 4.88. The summed E-state index contributed by atoms with van der Waals surface area (Å²) < 4.78 is 41.4. The van der Waals surface area contributed by atoms with Crippen molar-refractivity contribution in [2.45, 2.75) is 57.0 Å². The predicted molar refractivity (Wildman–Crippen MR) is 116 cm³/mol. The number of ether oxygens (including phenoxy) is 1. The van der Waals surface area contributed by atoms with Gasteiger partial charge in [-0.15, -0.1) is 13.2 Å². The van der Waals surface area contributed by atoms with Gasteiger partial charge in [-0.25, -0.2) is 4.98 Å². The van der Waals surface area contributed by atoms with Crippen molar-refractivity contribution in [1.29, 1.82) is 0 Å². The second-order valence-electron chi connectivity index (χ2n) is 8.72. The first-order valence-corrected chi connectivity index (χ1v) is 11.3. The maximum absolute atomic E-state index is 12.5. The van der Waals surface area contributed by atoms with E-state index in [4.69, 9.17) is 0 Å². The number of hydrogen-bond acceptors (Lipinski definition) is 6. The summed E-state index contributed by atoms with van der Waals surface area (Å²) in [6, 6.07) is 3.14. The zero-order valence-electron chi connectivity index (χ0n) is 18.1. The number of benzene rings is 1. The number of aldehydes is 1. The monoisotopic (exact) mass is 467 g/mol. The summed E-state index contributed by atoms with van der Waals surface area (Å²) in [6.45, 7) is 1.36. The molecule has 2 aromatic rings. The van der Waals surface area contributed by atoms with Gasteiger partial charge in [-0.1, -0.05) is 12.8 Å². The fourth-order valence-corrected chi connectivity index (χ4v) is 4.88. The second kappa shape index (κ2) is 9.98. The number of aromatic nitrogens is 2. The SMILES string of the molecule is O=CC(Nc1nc2ccc(OC(F)(F)F)cc2[nH]1)C1CCCCC1CNC(=O)[C@@H]1CCCN1. The van der Waals surface area contributed by atoms with Crippen LogP contribution in [0, 0.1) is 11.8 Å².